The second kappa shape index (κ2) is 6.25. The Morgan fingerprint density at radius 3 is 1.06 bits per heavy atom. The summed E-state index contributed by atoms with van der Waals surface area (Å²) >= 11 is 0. The Hall–Kier alpha value is 0. The molecule has 0 aromatic carbocycles. The van der Waals surface area contributed by atoms with E-state index in [2.05, 4.69) is 55.4 Å². The molecule has 104 valence electrons. The molecule has 0 aromatic heterocycles. The quantitative estimate of drug-likeness (QED) is 0.501. The van der Waals surface area contributed by atoms with E-state index in [1.54, 1.807) is 0 Å². The molecule has 0 heterocycles. The molecule has 0 saturated carbocycles. The van der Waals surface area contributed by atoms with E-state index < -0.39 is 0 Å². The Morgan fingerprint density at radius 1 is 0.588 bits per heavy atom. The number of rotatable bonds is 6. The van der Waals surface area contributed by atoms with Crippen LogP contribution in [-0.4, -0.2) is 0 Å². The van der Waals surface area contributed by atoms with Gasteiger partial charge in [-0.25, -0.2) is 0 Å². The van der Waals surface area contributed by atoms with Gasteiger partial charge in [-0.3, -0.25) is 0 Å². The SMILES string of the molecule is CCCCC(CCCC)(C(C)(C)C)C(C)(C)C. The van der Waals surface area contributed by atoms with Crippen molar-refractivity contribution in [3.63, 3.8) is 0 Å². The Morgan fingerprint density at radius 2 is 0.882 bits per heavy atom. The summed E-state index contributed by atoms with van der Waals surface area (Å²) in [6.07, 6.45) is 8.16. The normalized spacial score (nSPS) is 14.1. The second-order valence-electron chi connectivity index (χ2n) is 7.79. The maximum absolute atomic E-state index is 2.45. The van der Waals surface area contributed by atoms with E-state index in [4.69, 9.17) is 0 Å². The first-order valence-corrected chi connectivity index (χ1v) is 7.62. The van der Waals surface area contributed by atoms with Crippen LogP contribution in [0.15, 0.2) is 0 Å². The molecule has 0 fully saturated rings. The van der Waals surface area contributed by atoms with Crippen molar-refractivity contribution in [1.29, 1.82) is 0 Å². The third-order valence-electron chi connectivity index (χ3n) is 4.79. The summed E-state index contributed by atoms with van der Waals surface area (Å²) in [7, 11) is 0. The van der Waals surface area contributed by atoms with Crippen molar-refractivity contribution in [1.82, 2.24) is 0 Å². The zero-order chi connectivity index (χ0) is 13.7. The van der Waals surface area contributed by atoms with Crippen LogP contribution in [0.2, 0.25) is 0 Å². The highest BCUT2D eigenvalue weighted by molar-refractivity contribution is 4.98. The summed E-state index contributed by atoms with van der Waals surface area (Å²) in [4.78, 5) is 0. The molecule has 0 aromatic rings. The lowest BCUT2D eigenvalue weighted by atomic mass is 9.50. The first kappa shape index (κ1) is 17.0. The summed E-state index contributed by atoms with van der Waals surface area (Å²) in [5, 5.41) is 0. The van der Waals surface area contributed by atoms with Crippen LogP contribution in [-0.2, 0) is 0 Å². The molecule has 0 unspecified atom stereocenters. The lowest BCUT2D eigenvalue weighted by Crippen LogP contribution is -2.46. The highest BCUT2D eigenvalue weighted by Gasteiger charge is 2.48. The van der Waals surface area contributed by atoms with Gasteiger partial charge in [0.25, 0.3) is 0 Å². The maximum Gasteiger partial charge on any atom is -0.0200 e. The second-order valence-corrected chi connectivity index (χ2v) is 7.79. The predicted octanol–water partition coefficient (Wildman–Crippen LogP) is 6.45. The van der Waals surface area contributed by atoms with Crippen LogP contribution in [0.25, 0.3) is 0 Å². The molecule has 0 heteroatoms. The van der Waals surface area contributed by atoms with Gasteiger partial charge in [-0.1, -0.05) is 81.1 Å². The molecule has 0 spiro atoms. The van der Waals surface area contributed by atoms with E-state index in [1.807, 2.05) is 0 Å². The lowest BCUT2D eigenvalue weighted by Gasteiger charge is -2.55. The van der Waals surface area contributed by atoms with Crippen LogP contribution in [0.5, 0.6) is 0 Å². The lowest BCUT2D eigenvalue weighted by molar-refractivity contribution is -0.0515. The van der Waals surface area contributed by atoms with Gasteiger partial charge in [0.1, 0.15) is 0 Å². The summed E-state index contributed by atoms with van der Waals surface area (Å²) in [5.41, 5.74) is 1.27. The molecule has 0 saturated heterocycles. The largest absolute Gasteiger partial charge is 0.0654 e. The molecule has 0 rings (SSSR count). The van der Waals surface area contributed by atoms with Crippen LogP contribution >= 0.6 is 0 Å². The molecular formula is C17H36. The van der Waals surface area contributed by atoms with E-state index in [0.29, 0.717) is 16.2 Å². The minimum Gasteiger partial charge on any atom is -0.0654 e. The van der Waals surface area contributed by atoms with Gasteiger partial charge in [0, 0.05) is 0 Å². The zero-order valence-corrected chi connectivity index (χ0v) is 13.7. The van der Waals surface area contributed by atoms with Gasteiger partial charge in [0.2, 0.25) is 0 Å². The molecule has 0 aliphatic carbocycles. The highest BCUT2D eigenvalue weighted by Crippen LogP contribution is 2.57. The van der Waals surface area contributed by atoms with Gasteiger partial charge in [0.15, 0.2) is 0 Å². The summed E-state index contributed by atoms with van der Waals surface area (Å²) in [5.74, 6) is 0. The minimum absolute atomic E-state index is 0.398. The van der Waals surface area contributed by atoms with E-state index >= 15 is 0 Å². The summed E-state index contributed by atoms with van der Waals surface area (Å²) in [6.45, 7) is 19.3. The van der Waals surface area contributed by atoms with Gasteiger partial charge >= 0.3 is 0 Å². The number of hydrogen-bond donors (Lipinski definition) is 0. The Bertz CT molecular complexity index is 175. The van der Waals surface area contributed by atoms with Crippen molar-refractivity contribution in [2.24, 2.45) is 16.2 Å². The van der Waals surface area contributed by atoms with Crippen molar-refractivity contribution in [2.75, 3.05) is 0 Å². The maximum atomic E-state index is 2.45. The van der Waals surface area contributed by atoms with Crippen LogP contribution < -0.4 is 0 Å². The third kappa shape index (κ3) is 4.00. The molecule has 0 aliphatic rings. The third-order valence-corrected chi connectivity index (χ3v) is 4.79. The molecule has 0 atom stereocenters. The van der Waals surface area contributed by atoms with Gasteiger partial charge in [-0.2, -0.15) is 0 Å². The van der Waals surface area contributed by atoms with E-state index in [-0.39, 0.29) is 0 Å². The first-order valence-electron chi connectivity index (χ1n) is 7.62. The Labute approximate surface area is 111 Å². The minimum atomic E-state index is 0.398. The van der Waals surface area contributed by atoms with Gasteiger partial charge in [0.05, 0.1) is 0 Å². The van der Waals surface area contributed by atoms with E-state index in [1.165, 1.54) is 38.5 Å². The van der Waals surface area contributed by atoms with Crippen molar-refractivity contribution in [3.8, 4) is 0 Å². The smallest absolute Gasteiger partial charge is 0.0200 e. The van der Waals surface area contributed by atoms with Gasteiger partial charge in [-0.05, 0) is 29.1 Å². The van der Waals surface area contributed by atoms with Crippen LogP contribution in [0.3, 0.4) is 0 Å². The Kier molecular flexibility index (Phi) is 6.25. The van der Waals surface area contributed by atoms with Gasteiger partial charge < -0.3 is 0 Å². The average molecular weight is 240 g/mol. The average Bonchev–Trinajstić information content (AvgIpc) is 2.14. The Balaban J connectivity index is 5.22. The molecule has 0 amide bonds. The van der Waals surface area contributed by atoms with Crippen LogP contribution in [0.1, 0.15) is 93.9 Å². The monoisotopic (exact) mass is 240 g/mol. The molecule has 17 heavy (non-hydrogen) atoms. The number of hydrogen-bond acceptors (Lipinski definition) is 0. The zero-order valence-electron chi connectivity index (χ0n) is 13.7. The fraction of sp³-hybridized carbons (Fsp3) is 1.00. The van der Waals surface area contributed by atoms with Crippen molar-refractivity contribution < 1.29 is 0 Å². The van der Waals surface area contributed by atoms with Crippen molar-refractivity contribution in [2.45, 2.75) is 93.9 Å². The van der Waals surface area contributed by atoms with Crippen LogP contribution in [0.4, 0.5) is 0 Å². The van der Waals surface area contributed by atoms with E-state index in [0.717, 1.165) is 0 Å². The standard InChI is InChI=1S/C17H36/c1-9-11-13-17(14-12-10-2,15(3,4)5)16(6,7)8/h9-14H2,1-8H3. The predicted molar refractivity (Wildman–Crippen MR) is 80.4 cm³/mol. The molecular weight excluding hydrogens is 204 g/mol. The summed E-state index contributed by atoms with van der Waals surface area (Å²) in [6, 6.07) is 0. The molecule has 0 radical (unpaired) electrons. The fourth-order valence-corrected chi connectivity index (χ4v) is 3.71. The highest BCUT2D eigenvalue weighted by atomic mass is 14.5. The molecule has 0 aliphatic heterocycles. The molecule has 0 nitrogen and oxygen atoms in total. The molecule has 0 N–H and O–H groups in total. The first-order chi connectivity index (χ1) is 7.62. The van der Waals surface area contributed by atoms with Crippen molar-refractivity contribution in [3.05, 3.63) is 0 Å². The van der Waals surface area contributed by atoms with Gasteiger partial charge in [-0.15, -0.1) is 0 Å². The summed E-state index contributed by atoms with van der Waals surface area (Å²) < 4.78 is 0. The topological polar surface area (TPSA) is 0 Å². The van der Waals surface area contributed by atoms with Crippen molar-refractivity contribution >= 4 is 0 Å². The number of unbranched alkanes of at least 4 members (excludes halogenated alkanes) is 2. The van der Waals surface area contributed by atoms with Crippen LogP contribution in [0, 0.1) is 16.2 Å². The molecule has 0 bridgehead atoms. The fourth-order valence-electron chi connectivity index (χ4n) is 3.71. The van der Waals surface area contributed by atoms with E-state index in [9.17, 15) is 0 Å².